The number of halogens is 1. The van der Waals surface area contributed by atoms with Gasteiger partial charge in [0.05, 0.1) is 25.3 Å². The van der Waals surface area contributed by atoms with Gasteiger partial charge in [0.2, 0.25) is 0 Å². The fraction of sp³-hybridized carbons (Fsp3) is 0.300. The number of amides is 1. The molecule has 2 aromatic carbocycles. The standard InChI is InChI=1S/C20H20ClNO5/c1-25-18(23)13-22(12-14-6-3-2-4-7-14)20(24)15-10-16(21)19-17(11-15)26-8-5-9-27-19/h2-4,6-7,10-11H,5,8-9,12-13H2,1H3. The van der Waals surface area contributed by atoms with Crippen LogP contribution in [0, 0.1) is 0 Å². The maximum Gasteiger partial charge on any atom is 0.325 e. The van der Waals surface area contributed by atoms with E-state index in [-0.39, 0.29) is 19.0 Å². The maximum absolute atomic E-state index is 13.1. The molecule has 0 radical (unpaired) electrons. The Morgan fingerprint density at radius 2 is 1.89 bits per heavy atom. The van der Waals surface area contributed by atoms with Crippen LogP contribution in [0.2, 0.25) is 5.02 Å². The summed E-state index contributed by atoms with van der Waals surface area (Å²) < 4.78 is 16.0. The Morgan fingerprint density at radius 1 is 1.15 bits per heavy atom. The highest BCUT2D eigenvalue weighted by Crippen LogP contribution is 2.38. The molecule has 0 saturated heterocycles. The van der Waals surface area contributed by atoms with Crippen LogP contribution in [0.1, 0.15) is 22.3 Å². The van der Waals surface area contributed by atoms with Crippen molar-refractivity contribution in [3.05, 3.63) is 58.6 Å². The minimum absolute atomic E-state index is 0.170. The van der Waals surface area contributed by atoms with E-state index in [2.05, 4.69) is 0 Å². The summed E-state index contributed by atoms with van der Waals surface area (Å²) in [6.07, 6.45) is 0.733. The highest BCUT2D eigenvalue weighted by Gasteiger charge is 2.23. The third-order valence-corrected chi connectivity index (χ3v) is 4.38. The molecule has 0 atom stereocenters. The Morgan fingerprint density at radius 3 is 2.63 bits per heavy atom. The summed E-state index contributed by atoms with van der Waals surface area (Å²) in [5, 5.41) is 0.301. The largest absolute Gasteiger partial charge is 0.489 e. The second-order valence-electron chi connectivity index (χ2n) is 6.06. The molecule has 27 heavy (non-hydrogen) atoms. The predicted molar refractivity (Wildman–Crippen MR) is 100 cm³/mol. The highest BCUT2D eigenvalue weighted by atomic mass is 35.5. The zero-order valence-corrected chi connectivity index (χ0v) is 15.7. The molecule has 1 amide bonds. The number of hydrogen-bond donors (Lipinski definition) is 0. The number of rotatable bonds is 5. The molecule has 0 bridgehead atoms. The smallest absolute Gasteiger partial charge is 0.325 e. The van der Waals surface area contributed by atoms with Crippen molar-refractivity contribution in [2.45, 2.75) is 13.0 Å². The lowest BCUT2D eigenvalue weighted by Crippen LogP contribution is -2.35. The highest BCUT2D eigenvalue weighted by molar-refractivity contribution is 6.32. The average Bonchev–Trinajstić information content (AvgIpc) is 2.93. The molecule has 0 aromatic heterocycles. The molecule has 0 unspecified atom stereocenters. The number of methoxy groups -OCH3 is 1. The predicted octanol–water partition coefficient (Wildman–Crippen LogP) is 3.32. The summed E-state index contributed by atoms with van der Waals surface area (Å²) in [4.78, 5) is 26.3. The maximum atomic E-state index is 13.1. The van der Waals surface area contributed by atoms with Crippen molar-refractivity contribution >= 4 is 23.5 Å². The van der Waals surface area contributed by atoms with Gasteiger partial charge in [-0.15, -0.1) is 0 Å². The van der Waals surface area contributed by atoms with Crippen LogP contribution in [0.5, 0.6) is 11.5 Å². The fourth-order valence-electron chi connectivity index (χ4n) is 2.76. The number of carbonyl (C=O) groups excluding carboxylic acids is 2. The zero-order valence-electron chi connectivity index (χ0n) is 14.9. The zero-order chi connectivity index (χ0) is 19.2. The summed E-state index contributed by atoms with van der Waals surface area (Å²) in [6, 6.07) is 12.6. The molecule has 0 N–H and O–H groups in total. The number of fused-ring (bicyclic) bond motifs is 1. The third-order valence-electron chi connectivity index (χ3n) is 4.10. The van der Waals surface area contributed by atoms with Crippen LogP contribution in [-0.2, 0) is 16.1 Å². The molecule has 2 aromatic rings. The molecule has 0 saturated carbocycles. The van der Waals surface area contributed by atoms with Crippen LogP contribution >= 0.6 is 11.6 Å². The number of esters is 1. The Kier molecular flexibility index (Phi) is 6.19. The fourth-order valence-corrected chi connectivity index (χ4v) is 3.03. The summed E-state index contributed by atoms with van der Waals surface area (Å²) >= 11 is 6.29. The Bertz CT molecular complexity index is 825. The molecular formula is C20H20ClNO5. The van der Waals surface area contributed by atoms with Gasteiger partial charge in [-0.1, -0.05) is 41.9 Å². The number of benzene rings is 2. The summed E-state index contributed by atoms with van der Waals surface area (Å²) in [5.41, 5.74) is 1.22. The molecule has 142 valence electrons. The van der Waals surface area contributed by atoms with E-state index < -0.39 is 5.97 Å². The molecule has 0 aliphatic carbocycles. The van der Waals surface area contributed by atoms with Gasteiger partial charge in [-0.2, -0.15) is 0 Å². The van der Waals surface area contributed by atoms with Gasteiger partial charge in [0.1, 0.15) is 6.54 Å². The first-order chi connectivity index (χ1) is 13.1. The lowest BCUT2D eigenvalue weighted by atomic mass is 10.1. The molecule has 0 fully saturated rings. The van der Waals surface area contributed by atoms with Crippen LogP contribution in [-0.4, -0.2) is 43.6 Å². The van der Waals surface area contributed by atoms with Gasteiger partial charge >= 0.3 is 5.97 Å². The first-order valence-electron chi connectivity index (χ1n) is 8.57. The summed E-state index contributed by atoms with van der Waals surface area (Å²) in [6.45, 7) is 1.08. The van der Waals surface area contributed by atoms with Gasteiger partial charge in [0, 0.05) is 18.5 Å². The molecule has 0 spiro atoms. The van der Waals surface area contributed by atoms with Gasteiger partial charge < -0.3 is 19.1 Å². The molecule has 3 rings (SSSR count). The molecule has 1 aliphatic rings. The SMILES string of the molecule is COC(=O)CN(Cc1ccccc1)C(=O)c1cc(Cl)c2c(c1)OCCCO2. The molecular weight excluding hydrogens is 370 g/mol. The van der Waals surface area contributed by atoms with Crippen LogP contribution < -0.4 is 9.47 Å². The third kappa shape index (κ3) is 4.71. The van der Waals surface area contributed by atoms with Crippen LogP contribution in [0.4, 0.5) is 0 Å². The monoisotopic (exact) mass is 389 g/mol. The number of carbonyl (C=O) groups is 2. The quantitative estimate of drug-likeness (QED) is 0.734. The molecule has 1 aliphatic heterocycles. The van der Waals surface area contributed by atoms with E-state index in [0.29, 0.717) is 35.3 Å². The molecule has 6 nitrogen and oxygen atoms in total. The van der Waals surface area contributed by atoms with Crippen LogP contribution in [0.15, 0.2) is 42.5 Å². The van der Waals surface area contributed by atoms with E-state index in [4.69, 9.17) is 25.8 Å². The van der Waals surface area contributed by atoms with Crippen LogP contribution in [0.25, 0.3) is 0 Å². The van der Waals surface area contributed by atoms with Crippen molar-refractivity contribution in [3.63, 3.8) is 0 Å². The van der Waals surface area contributed by atoms with E-state index >= 15 is 0 Å². The topological polar surface area (TPSA) is 65.1 Å². The van der Waals surface area contributed by atoms with Crippen molar-refractivity contribution in [2.24, 2.45) is 0 Å². The molecule has 1 heterocycles. The Balaban J connectivity index is 1.89. The number of hydrogen-bond acceptors (Lipinski definition) is 5. The Labute approximate surface area is 162 Å². The van der Waals surface area contributed by atoms with E-state index in [9.17, 15) is 9.59 Å². The molecule has 7 heteroatoms. The van der Waals surface area contributed by atoms with E-state index in [1.165, 1.54) is 18.1 Å². The number of ether oxygens (including phenoxy) is 3. The van der Waals surface area contributed by atoms with E-state index in [0.717, 1.165) is 12.0 Å². The van der Waals surface area contributed by atoms with Gasteiger partial charge in [-0.3, -0.25) is 9.59 Å². The van der Waals surface area contributed by atoms with Crippen molar-refractivity contribution in [3.8, 4) is 11.5 Å². The average molecular weight is 390 g/mol. The second-order valence-corrected chi connectivity index (χ2v) is 6.47. The van der Waals surface area contributed by atoms with E-state index in [1.807, 2.05) is 30.3 Å². The lowest BCUT2D eigenvalue weighted by Gasteiger charge is -2.22. The van der Waals surface area contributed by atoms with Gasteiger partial charge in [0.15, 0.2) is 11.5 Å². The number of nitrogens with zero attached hydrogens (tertiary/aromatic N) is 1. The van der Waals surface area contributed by atoms with Crippen molar-refractivity contribution in [1.29, 1.82) is 0 Å². The van der Waals surface area contributed by atoms with Gasteiger partial charge in [-0.05, 0) is 17.7 Å². The second kappa shape index (κ2) is 8.77. The summed E-state index contributed by atoms with van der Waals surface area (Å²) in [7, 11) is 1.29. The minimum atomic E-state index is -0.500. The first kappa shape index (κ1) is 19.0. The van der Waals surface area contributed by atoms with Gasteiger partial charge in [0.25, 0.3) is 5.91 Å². The minimum Gasteiger partial charge on any atom is -0.489 e. The lowest BCUT2D eigenvalue weighted by molar-refractivity contribution is -0.141. The van der Waals surface area contributed by atoms with Crippen molar-refractivity contribution < 1.29 is 23.8 Å². The normalized spacial score (nSPS) is 12.8. The Hall–Kier alpha value is -2.73. The van der Waals surface area contributed by atoms with Crippen molar-refractivity contribution in [1.82, 2.24) is 4.90 Å². The first-order valence-corrected chi connectivity index (χ1v) is 8.95. The van der Waals surface area contributed by atoms with E-state index in [1.54, 1.807) is 6.07 Å². The summed E-state index contributed by atoms with van der Waals surface area (Å²) in [5.74, 6) is 0.0240. The van der Waals surface area contributed by atoms with Gasteiger partial charge in [-0.25, -0.2) is 0 Å². The van der Waals surface area contributed by atoms with Crippen LogP contribution in [0.3, 0.4) is 0 Å². The van der Waals surface area contributed by atoms with Crippen molar-refractivity contribution in [2.75, 3.05) is 26.9 Å².